The summed E-state index contributed by atoms with van der Waals surface area (Å²) in [5.74, 6) is 0. The first-order valence-corrected chi connectivity index (χ1v) is 7.75. The van der Waals surface area contributed by atoms with Crippen LogP contribution in [-0.4, -0.2) is 0 Å². The van der Waals surface area contributed by atoms with Gasteiger partial charge in [-0.3, -0.25) is 0 Å². The van der Waals surface area contributed by atoms with Crippen LogP contribution < -0.4 is 5.30 Å². The average Bonchev–Trinajstić information content (AvgIpc) is 2.51. The molecule has 1 unspecified atom stereocenters. The van der Waals surface area contributed by atoms with Crippen molar-refractivity contribution in [1.29, 1.82) is 0 Å². The van der Waals surface area contributed by atoms with Gasteiger partial charge in [0.05, 0.1) is 0 Å². The molecule has 0 aliphatic carbocycles. The van der Waals surface area contributed by atoms with Crippen molar-refractivity contribution in [2.45, 2.75) is 13.8 Å². The lowest BCUT2D eigenvalue weighted by Gasteiger charge is -2.07. The lowest BCUT2D eigenvalue weighted by Crippen LogP contribution is -1.88. The number of aryl methyl sites for hydroxylation is 2. The molecule has 0 nitrogen and oxygen atoms in total. The van der Waals surface area contributed by atoms with Gasteiger partial charge in [0.1, 0.15) is 0 Å². The van der Waals surface area contributed by atoms with E-state index in [1.54, 1.807) is 0 Å². The minimum absolute atomic E-state index is 1.21. The Labute approximate surface area is 129 Å². The first-order chi connectivity index (χ1) is 10.1. The molecule has 0 spiro atoms. The molecule has 0 fully saturated rings. The molecule has 0 heterocycles. The van der Waals surface area contributed by atoms with E-state index in [1.807, 2.05) is 0 Å². The quantitative estimate of drug-likeness (QED) is 0.573. The van der Waals surface area contributed by atoms with Crippen LogP contribution in [-0.2, 0) is 0 Å². The summed E-state index contributed by atoms with van der Waals surface area (Å²) in [5, 5.41) is 1.21. The normalized spacial score (nSPS) is 10.6. The van der Waals surface area contributed by atoms with Crippen molar-refractivity contribution in [2.24, 2.45) is 0 Å². The third kappa shape index (κ3) is 3.06. The molecule has 0 amide bonds. The second-order valence-electron chi connectivity index (χ2n) is 5.50. The van der Waals surface area contributed by atoms with E-state index in [0.717, 1.165) is 0 Å². The second kappa shape index (κ2) is 5.84. The van der Waals surface area contributed by atoms with Crippen LogP contribution in [0.5, 0.6) is 0 Å². The minimum atomic E-state index is 1.21. The van der Waals surface area contributed by atoms with Crippen LogP contribution in [0, 0.1) is 13.8 Å². The maximum atomic E-state index is 2.72. The third-order valence-electron chi connectivity index (χ3n) is 3.97. The van der Waals surface area contributed by atoms with Crippen molar-refractivity contribution in [2.75, 3.05) is 0 Å². The van der Waals surface area contributed by atoms with Crippen molar-refractivity contribution < 1.29 is 0 Å². The van der Waals surface area contributed by atoms with Gasteiger partial charge in [-0.2, -0.15) is 0 Å². The number of rotatable bonds is 2. The summed E-state index contributed by atoms with van der Waals surface area (Å²) < 4.78 is 0. The Morgan fingerprint density at radius 3 is 1.48 bits per heavy atom. The smallest absolute Gasteiger partial charge is 0.0181 e. The lowest BCUT2D eigenvalue weighted by molar-refractivity contribution is 1.34. The molecule has 0 radical (unpaired) electrons. The fourth-order valence-electron chi connectivity index (χ4n) is 2.45. The summed E-state index contributed by atoms with van der Waals surface area (Å²) in [6, 6.07) is 24.0. The van der Waals surface area contributed by atoms with Gasteiger partial charge < -0.3 is 0 Å². The number of hydrogen-bond acceptors (Lipinski definition) is 0. The van der Waals surface area contributed by atoms with E-state index in [2.05, 4.69) is 89.8 Å². The Morgan fingerprint density at radius 1 is 0.524 bits per heavy atom. The highest BCUT2D eigenvalue weighted by atomic mass is 31.0. The molecule has 3 aromatic carbocycles. The van der Waals surface area contributed by atoms with Gasteiger partial charge >= 0.3 is 0 Å². The molecule has 1 atom stereocenters. The molecular formula is C20H19P. The van der Waals surface area contributed by atoms with E-state index < -0.39 is 0 Å². The van der Waals surface area contributed by atoms with Crippen LogP contribution in [0.15, 0.2) is 66.7 Å². The van der Waals surface area contributed by atoms with Crippen LogP contribution >= 0.6 is 9.24 Å². The average molecular weight is 290 g/mol. The summed E-state index contributed by atoms with van der Waals surface area (Å²) in [7, 11) is 2.72. The molecule has 0 N–H and O–H groups in total. The topological polar surface area (TPSA) is 0 Å². The Morgan fingerprint density at radius 2 is 0.952 bits per heavy atom. The van der Waals surface area contributed by atoms with Crippen molar-refractivity contribution >= 4 is 14.5 Å². The van der Waals surface area contributed by atoms with Crippen LogP contribution in [0.4, 0.5) is 0 Å². The Balaban J connectivity index is 1.93. The maximum absolute atomic E-state index is 2.72. The first-order valence-electron chi connectivity index (χ1n) is 7.17. The molecule has 21 heavy (non-hydrogen) atoms. The van der Waals surface area contributed by atoms with Crippen molar-refractivity contribution in [3.05, 3.63) is 77.9 Å². The van der Waals surface area contributed by atoms with Gasteiger partial charge in [0.25, 0.3) is 0 Å². The van der Waals surface area contributed by atoms with Crippen LogP contribution in [0.2, 0.25) is 0 Å². The van der Waals surface area contributed by atoms with Gasteiger partial charge in [-0.25, -0.2) is 0 Å². The highest BCUT2D eigenvalue weighted by Crippen LogP contribution is 2.26. The van der Waals surface area contributed by atoms with E-state index in [0.29, 0.717) is 0 Å². The molecule has 0 saturated heterocycles. The summed E-state index contributed by atoms with van der Waals surface area (Å²) in [4.78, 5) is 0. The molecule has 0 bridgehead atoms. The lowest BCUT2D eigenvalue weighted by atomic mass is 9.98. The van der Waals surface area contributed by atoms with Crippen LogP contribution in [0.3, 0.4) is 0 Å². The van der Waals surface area contributed by atoms with E-state index in [9.17, 15) is 0 Å². The monoisotopic (exact) mass is 290 g/mol. The molecule has 1 heteroatoms. The zero-order chi connectivity index (χ0) is 14.8. The fourth-order valence-corrected chi connectivity index (χ4v) is 2.64. The Hall–Kier alpha value is -1.91. The molecule has 104 valence electrons. The van der Waals surface area contributed by atoms with Crippen molar-refractivity contribution in [1.82, 2.24) is 0 Å². The number of hydrogen-bond donors (Lipinski definition) is 0. The SMILES string of the molecule is Cc1ccc(-c2ccc(-c3ccc(P)cc3)cc2)cc1C. The number of benzene rings is 3. The second-order valence-corrected chi connectivity index (χ2v) is 6.17. The summed E-state index contributed by atoms with van der Waals surface area (Å²) in [5.41, 5.74) is 7.75. The zero-order valence-corrected chi connectivity index (χ0v) is 13.6. The zero-order valence-electron chi connectivity index (χ0n) is 12.4. The maximum Gasteiger partial charge on any atom is -0.0181 e. The molecule has 0 saturated carbocycles. The summed E-state index contributed by atoms with van der Waals surface area (Å²) in [6.07, 6.45) is 0. The molecule has 3 rings (SSSR count). The standard InChI is InChI=1S/C20H19P/c1-14-3-4-19(13-15(14)2)18-7-5-16(6-8-18)17-9-11-20(21)12-10-17/h3-13H,21H2,1-2H3. The summed E-state index contributed by atoms with van der Waals surface area (Å²) >= 11 is 0. The van der Waals surface area contributed by atoms with Crippen LogP contribution in [0.1, 0.15) is 11.1 Å². The van der Waals surface area contributed by atoms with E-state index >= 15 is 0 Å². The van der Waals surface area contributed by atoms with Gasteiger partial charge in [-0.05, 0) is 52.5 Å². The van der Waals surface area contributed by atoms with E-state index in [4.69, 9.17) is 0 Å². The van der Waals surface area contributed by atoms with Gasteiger partial charge in [0, 0.05) is 0 Å². The van der Waals surface area contributed by atoms with Gasteiger partial charge in [-0.15, -0.1) is 9.24 Å². The Kier molecular flexibility index (Phi) is 3.90. The summed E-state index contributed by atoms with van der Waals surface area (Å²) in [6.45, 7) is 4.31. The minimum Gasteiger partial charge on any atom is -0.106 e. The highest BCUT2D eigenvalue weighted by molar-refractivity contribution is 7.27. The molecule has 0 aromatic heterocycles. The fraction of sp³-hybridized carbons (Fsp3) is 0.100. The molecule has 3 aromatic rings. The molecule has 0 aliphatic rings. The van der Waals surface area contributed by atoms with E-state index in [-0.39, 0.29) is 0 Å². The van der Waals surface area contributed by atoms with E-state index in [1.165, 1.54) is 38.7 Å². The van der Waals surface area contributed by atoms with Gasteiger partial charge in [0.2, 0.25) is 0 Å². The highest BCUT2D eigenvalue weighted by Gasteiger charge is 2.02. The van der Waals surface area contributed by atoms with Crippen LogP contribution in [0.25, 0.3) is 22.3 Å². The van der Waals surface area contributed by atoms with Crippen molar-refractivity contribution in [3.63, 3.8) is 0 Å². The molecule has 0 aliphatic heterocycles. The van der Waals surface area contributed by atoms with Gasteiger partial charge in [-0.1, -0.05) is 66.7 Å². The van der Waals surface area contributed by atoms with Crippen molar-refractivity contribution in [3.8, 4) is 22.3 Å². The Bertz CT molecular complexity index is 753. The third-order valence-corrected chi connectivity index (χ3v) is 4.35. The predicted molar refractivity (Wildman–Crippen MR) is 96.1 cm³/mol. The first kappa shape index (κ1) is 14.0. The predicted octanol–water partition coefficient (Wildman–Crippen LogP) is 5.14. The molecular weight excluding hydrogens is 271 g/mol. The van der Waals surface area contributed by atoms with Gasteiger partial charge in [0.15, 0.2) is 0 Å². The largest absolute Gasteiger partial charge is 0.106 e.